The SMILES string of the molecule is NC(=O)Cc1ccc(-c2cnc(C(F)(F)F)s2)c(S(N)(=O)=O)c1. The number of primary sulfonamides is 1. The van der Waals surface area contributed by atoms with Gasteiger partial charge in [-0.05, 0) is 11.6 Å². The second kappa shape index (κ2) is 5.91. The lowest BCUT2D eigenvalue weighted by Gasteiger charge is -2.08. The molecule has 4 N–H and O–H groups in total. The van der Waals surface area contributed by atoms with Crippen LogP contribution in [0.2, 0.25) is 0 Å². The van der Waals surface area contributed by atoms with Crippen molar-refractivity contribution in [2.24, 2.45) is 10.9 Å². The average molecular weight is 365 g/mol. The van der Waals surface area contributed by atoms with Gasteiger partial charge >= 0.3 is 6.18 Å². The van der Waals surface area contributed by atoms with Gasteiger partial charge in [0.2, 0.25) is 15.9 Å². The number of hydrogen-bond acceptors (Lipinski definition) is 5. The summed E-state index contributed by atoms with van der Waals surface area (Å²) in [6.07, 6.45) is -3.93. The fourth-order valence-electron chi connectivity index (χ4n) is 1.85. The van der Waals surface area contributed by atoms with Crippen LogP contribution in [0.1, 0.15) is 10.6 Å². The summed E-state index contributed by atoms with van der Waals surface area (Å²) in [5.41, 5.74) is 5.29. The summed E-state index contributed by atoms with van der Waals surface area (Å²) in [6.45, 7) is 0. The van der Waals surface area contributed by atoms with Crippen LogP contribution in [0.15, 0.2) is 29.3 Å². The van der Waals surface area contributed by atoms with Gasteiger partial charge in [-0.15, -0.1) is 11.3 Å². The summed E-state index contributed by atoms with van der Waals surface area (Å²) in [5.74, 6) is -0.685. The number of sulfonamides is 1. The molecule has 124 valence electrons. The van der Waals surface area contributed by atoms with Crippen LogP contribution in [0, 0.1) is 0 Å². The molecule has 1 aromatic heterocycles. The number of rotatable bonds is 4. The van der Waals surface area contributed by atoms with Gasteiger partial charge in [-0.3, -0.25) is 4.79 Å². The van der Waals surface area contributed by atoms with Crippen LogP contribution >= 0.6 is 11.3 Å². The molecule has 1 amide bonds. The smallest absolute Gasteiger partial charge is 0.369 e. The number of thiazole rings is 1. The van der Waals surface area contributed by atoms with E-state index in [9.17, 15) is 26.4 Å². The normalized spacial score (nSPS) is 12.3. The van der Waals surface area contributed by atoms with Crippen molar-refractivity contribution in [1.29, 1.82) is 0 Å². The zero-order chi connectivity index (χ0) is 17.4. The Kier molecular flexibility index (Phi) is 4.46. The third-order valence-corrected chi connectivity index (χ3v) is 4.77. The van der Waals surface area contributed by atoms with Crippen molar-refractivity contribution in [3.8, 4) is 10.4 Å². The molecule has 1 aromatic carbocycles. The number of nitrogens with two attached hydrogens (primary N) is 2. The number of carbonyl (C=O) groups is 1. The van der Waals surface area contributed by atoms with Crippen LogP contribution in [0.5, 0.6) is 0 Å². The molecule has 1 heterocycles. The summed E-state index contributed by atoms with van der Waals surface area (Å²) in [6, 6.07) is 3.77. The minimum atomic E-state index is -4.63. The van der Waals surface area contributed by atoms with E-state index in [0.29, 0.717) is 11.3 Å². The van der Waals surface area contributed by atoms with Crippen LogP contribution in [0.4, 0.5) is 13.2 Å². The number of hydrogen-bond donors (Lipinski definition) is 2. The van der Waals surface area contributed by atoms with Gasteiger partial charge in [-0.25, -0.2) is 18.5 Å². The standard InChI is InChI=1S/C12H10F3N3O3S2/c13-12(14,15)11-18-5-8(22-11)7-2-1-6(4-10(16)19)3-9(7)23(17,20)21/h1-3,5H,4H2,(H2,16,19)(H2,17,20,21). The summed E-state index contributed by atoms with van der Waals surface area (Å²) in [4.78, 5) is 13.7. The topological polar surface area (TPSA) is 116 Å². The molecule has 23 heavy (non-hydrogen) atoms. The quantitative estimate of drug-likeness (QED) is 0.854. The summed E-state index contributed by atoms with van der Waals surface area (Å²) < 4.78 is 61.2. The van der Waals surface area contributed by atoms with E-state index in [0.717, 1.165) is 12.3 Å². The number of primary amides is 1. The number of carbonyl (C=O) groups excluding carboxylic acids is 1. The molecular formula is C12H10F3N3O3S2. The molecule has 0 fully saturated rings. The highest BCUT2D eigenvalue weighted by molar-refractivity contribution is 7.89. The number of aromatic nitrogens is 1. The van der Waals surface area contributed by atoms with Crippen molar-refractivity contribution in [2.45, 2.75) is 17.5 Å². The maximum atomic E-state index is 12.6. The molecule has 0 radical (unpaired) electrons. The Hall–Kier alpha value is -1.98. The predicted molar refractivity (Wildman–Crippen MR) is 76.8 cm³/mol. The minimum Gasteiger partial charge on any atom is -0.369 e. The van der Waals surface area contributed by atoms with Crippen molar-refractivity contribution in [1.82, 2.24) is 4.98 Å². The van der Waals surface area contributed by atoms with Gasteiger partial charge in [-0.1, -0.05) is 12.1 Å². The summed E-state index contributed by atoms with van der Waals surface area (Å²) >= 11 is 0.295. The van der Waals surface area contributed by atoms with Crippen LogP contribution in [0.25, 0.3) is 10.4 Å². The van der Waals surface area contributed by atoms with Crippen LogP contribution in [-0.4, -0.2) is 19.3 Å². The molecule has 0 aliphatic rings. The lowest BCUT2D eigenvalue weighted by Crippen LogP contribution is -2.16. The molecule has 11 heteroatoms. The zero-order valence-corrected chi connectivity index (χ0v) is 12.9. The van der Waals surface area contributed by atoms with Gasteiger partial charge in [0, 0.05) is 11.8 Å². The van der Waals surface area contributed by atoms with Gasteiger partial charge in [0.05, 0.1) is 16.2 Å². The Bertz CT molecular complexity index is 860. The molecule has 2 rings (SSSR count). The first-order valence-corrected chi connectivity index (χ1v) is 8.32. The van der Waals surface area contributed by atoms with Crippen molar-refractivity contribution in [3.05, 3.63) is 35.0 Å². The molecule has 0 atom stereocenters. The van der Waals surface area contributed by atoms with E-state index in [4.69, 9.17) is 10.9 Å². The van der Waals surface area contributed by atoms with Crippen molar-refractivity contribution < 1.29 is 26.4 Å². The second-order valence-electron chi connectivity index (χ2n) is 4.55. The molecule has 0 saturated carbocycles. The fraction of sp³-hybridized carbons (Fsp3) is 0.167. The Morgan fingerprint density at radius 1 is 1.30 bits per heavy atom. The zero-order valence-electron chi connectivity index (χ0n) is 11.3. The molecule has 0 saturated heterocycles. The second-order valence-corrected chi connectivity index (χ2v) is 7.11. The number of nitrogens with zero attached hydrogens (tertiary/aromatic N) is 1. The molecular weight excluding hydrogens is 355 g/mol. The van der Waals surface area contributed by atoms with Gasteiger partial charge in [0.25, 0.3) is 0 Å². The molecule has 0 aliphatic heterocycles. The first-order chi connectivity index (χ1) is 10.5. The molecule has 0 unspecified atom stereocenters. The highest BCUT2D eigenvalue weighted by atomic mass is 32.2. The maximum Gasteiger partial charge on any atom is 0.443 e. The Balaban J connectivity index is 2.58. The van der Waals surface area contributed by atoms with Gasteiger partial charge in [-0.2, -0.15) is 13.2 Å². The van der Waals surface area contributed by atoms with E-state index in [2.05, 4.69) is 4.98 Å². The summed E-state index contributed by atoms with van der Waals surface area (Å²) in [5, 5.41) is 4.00. The maximum absolute atomic E-state index is 12.6. The first kappa shape index (κ1) is 17.4. The largest absolute Gasteiger partial charge is 0.443 e. The van der Waals surface area contributed by atoms with E-state index < -0.39 is 32.0 Å². The summed E-state index contributed by atoms with van der Waals surface area (Å²) in [7, 11) is -4.22. The van der Waals surface area contributed by atoms with Crippen LogP contribution in [-0.2, 0) is 27.4 Å². The van der Waals surface area contributed by atoms with E-state index >= 15 is 0 Å². The van der Waals surface area contributed by atoms with E-state index in [-0.39, 0.29) is 22.4 Å². The highest BCUT2D eigenvalue weighted by Crippen LogP contribution is 2.38. The van der Waals surface area contributed by atoms with Gasteiger partial charge < -0.3 is 5.73 Å². The lowest BCUT2D eigenvalue weighted by molar-refractivity contribution is -0.137. The van der Waals surface area contributed by atoms with Gasteiger partial charge in [0.15, 0.2) is 5.01 Å². The Morgan fingerprint density at radius 3 is 2.43 bits per heavy atom. The van der Waals surface area contributed by atoms with Crippen LogP contribution in [0.3, 0.4) is 0 Å². The van der Waals surface area contributed by atoms with E-state index in [1.807, 2.05) is 0 Å². The van der Waals surface area contributed by atoms with Crippen LogP contribution < -0.4 is 10.9 Å². The predicted octanol–water partition coefficient (Wildman–Crippen LogP) is 1.50. The molecule has 0 spiro atoms. The Labute approximate surface area is 133 Å². The van der Waals surface area contributed by atoms with Crippen molar-refractivity contribution in [2.75, 3.05) is 0 Å². The molecule has 0 bridgehead atoms. The van der Waals surface area contributed by atoms with Gasteiger partial charge in [0.1, 0.15) is 0 Å². The Morgan fingerprint density at radius 2 is 1.96 bits per heavy atom. The number of amides is 1. The third-order valence-electron chi connectivity index (χ3n) is 2.74. The average Bonchev–Trinajstić information content (AvgIpc) is 2.86. The third kappa shape index (κ3) is 4.06. The molecule has 6 nitrogen and oxygen atoms in total. The molecule has 2 aromatic rings. The monoisotopic (exact) mass is 365 g/mol. The van der Waals surface area contributed by atoms with E-state index in [1.54, 1.807) is 0 Å². The number of alkyl halides is 3. The molecule has 0 aliphatic carbocycles. The number of halogens is 3. The lowest BCUT2D eigenvalue weighted by atomic mass is 10.1. The minimum absolute atomic E-state index is 0.00743. The highest BCUT2D eigenvalue weighted by Gasteiger charge is 2.35. The van der Waals surface area contributed by atoms with Crippen molar-refractivity contribution >= 4 is 27.3 Å². The fourth-order valence-corrected chi connectivity index (χ4v) is 3.53. The number of benzene rings is 1. The first-order valence-electron chi connectivity index (χ1n) is 5.96. The van der Waals surface area contributed by atoms with E-state index in [1.165, 1.54) is 12.1 Å². The van der Waals surface area contributed by atoms with Crippen molar-refractivity contribution in [3.63, 3.8) is 0 Å².